The molecule has 1 atom stereocenters. The Kier molecular flexibility index (Phi) is 3.95. The molecule has 2 aromatic heterocycles. The molecule has 0 radical (unpaired) electrons. The molecule has 118 valence electrons. The fourth-order valence-electron chi connectivity index (χ4n) is 3.11. The van der Waals surface area contributed by atoms with E-state index in [0.717, 1.165) is 47.1 Å². The van der Waals surface area contributed by atoms with Crippen molar-refractivity contribution in [3.8, 4) is 0 Å². The molecule has 1 aliphatic heterocycles. The van der Waals surface area contributed by atoms with Gasteiger partial charge in [-0.25, -0.2) is 14.6 Å². The molecule has 0 amide bonds. The summed E-state index contributed by atoms with van der Waals surface area (Å²) in [6, 6.07) is 8.40. The molecule has 1 unspecified atom stereocenters. The number of rotatable bonds is 2. The predicted molar refractivity (Wildman–Crippen MR) is 95.0 cm³/mol. The lowest BCUT2D eigenvalue weighted by molar-refractivity contribution is 0.374. The van der Waals surface area contributed by atoms with E-state index < -0.39 is 0 Å². The minimum Gasteiger partial charge on any atom is -0.354 e. The van der Waals surface area contributed by atoms with Gasteiger partial charge in [-0.1, -0.05) is 27.5 Å². The Morgan fingerprint density at radius 3 is 3.00 bits per heavy atom. The van der Waals surface area contributed by atoms with Gasteiger partial charge in [0.2, 0.25) is 0 Å². The highest BCUT2D eigenvalue weighted by molar-refractivity contribution is 9.10. The summed E-state index contributed by atoms with van der Waals surface area (Å²) in [6.45, 7) is 1.88. The molecule has 4 rings (SSSR count). The average molecular weight is 393 g/mol. The van der Waals surface area contributed by atoms with Gasteiger partial charge in [0.05, 0.1) is 16.6 Å². The summed E-state index contributed by atoms with van der Waals surface area (Å²) in [4.78, 5) is 11.1. The molecule has 0 N–H and O–H groups in total. The van der Waals surface area contributed by atoms with Crippen molar-refractivity contribution in [1.29, 1.82) is 0 Å². The van der Waals surface area contributed by atoms with Crippen LogP contribution in [0.1, 0.15) is 18.9 Å². The zero-order valence-corrected chi connectivity index (χ0v) is 14.7. The van der Waals surface area contributed by atoms with Crippen LogP contribution in [0.5, 0.6) is 0 Å². The Bertz CT molecular complexity index is 836. The van der Waals surface area contributed by atoms with Crippen molar-refractivity contribution in [2.75, 3.05) is 18.0 Å². The van der Waals surface area contributed by atoms with Crippen molar-refractivity contribution in [2.24, 2.45) is 0 Å². The van der Waals surface area contributed by atoms with Crippen molar-refractivity contribution >= 4 is 44.3 Å². The summed E-state index contributed by atoms with van der Waals surface area (Å²) in [7, 11) is 0. The van der Waals surface area contributed by atoms with E-state index in [1.807, 2.05) is 16.8 Å². The highest BCUT2D eigenvalue weighted by Crippen LogP contribution is 2.30. The molecular weight excluding hydrogens is 378 g/mol. The zero-order valence-electron chi connectivity index (χ0n) is 12.4. The van der Waals surface area contributed by atoms with Crippen LogP contribution in [0.2, 0.25) is 5.02 Å². The van der Waals surface area contributed by atoms with Crippen LogP contribution >= 0.6 is 27.5 Å². The number of aromatic nitrogens is 4. The highest BCUT2D eigenvalue weighted by Gasteiger charge is 2.23. The third kappa shape index (κ3) is 2.93. The van der Waals surface area contributed by atoms with Crippen LogP contribution in [0.3, 0.4) is 0 Å². The molecule has 0 saturated carbocycles. The number of anilines is 1. The Balaban J connectivity index is 1.66. The first-order valence-corrected chi connectivity index (χ1v) is 8.73. The zero-order chi connectivity index (χ0) is 15.8. The smallest absolute Gasteiger partial charge is 0.137 e. The third-order valence-corrected chi connectivity index (χ3v) is 4.97. The average Bonchev–Trinajstić information content (AvgIpc) is 3.09. The van der Waals surface area contributed by atoms with E-state index in [9.17, 15) is 0 Å². The Morgan fingerprint density at radius 2 is 2.17 bits per heavy atom. The van der Waals surface area contributed by atoms with Crippen LogP contribution in [-0.2, 0) is 0 Å². The van der Waals surface area contributed by atoms with Crippen molar-refractivity contribution in [1.82, 2.24) is 19.7 Å². The van der Waals surface area contributed by atoms with E-state index in [0.29, 0.717) is 11.1 Å². The second kappa shape index (κ2) is 6.09. The normalized spacial score (nSPS) is 18.5. The second-order valence-corrected chi connectivity index (χ2v) is 7.07. The van der Waals surface area contributed by atoms with Gasteiger partial charge in [0.1, 0.15) is 18.5 Å². The van der Waals surface area contributed by atoms with Crippen LogP contribution in [0, 0.1) is 0 Å². The monoisotopic (exact) mass is 391 g/mol. The van der Waals surface area contributed by atoms with Gasteiger partial charge >= 0.3 is 0 Å². The van der Waals surface area contributed by atoms with E-state index in [-0.39, 0.29) is 0 Å². The van der Waals surface area contributed by atoms with Gasteiger partial charge in [0, 0.05) is 22.9 Å². The number of halogens is 2. The van der Waals surface area contributed by atoms with Gasteiger partial charge < -0.3 is 4.90 Å². The molecule has 3 aromatic rings. The number of benzene rings is 1. The number of fused-ring (bicyclic) bond motifs is 1. The van der Waals surface area contributed by atoms with Crippen molar-refractivity contribution < 1.29 is 0 Å². The van der Waals surface area contributed by atoms with E-state index >= 15 is 0 Å². The molecular formula is C16H15BrClN5. The largest absolute Gasteiger partial charge is 0.354 e. The summed E-state index contributed by atoms with van der Waals surface area (Å²) in [5.41, 5.74) is 0.843. The van der Waals surface area contributed by atoms with Crippen LogP contribution in [0.4, 0.5) is 5.82 Å². The van der Waals surface area contributed by atoms with Crippen LogP contribution < -0.4 is 4.90 Å². The predicted octanol–water partition coefficient (Wildman–Crippen LogP) is 4.08. The summed E-state index contributed by atoms with van der Waals surface area (Å²) < 4.78 is 2.91. The summed E-state index contributed by atoms with van der Waals surface area (Å²) >= 11 is 9.82. The van der Waals surface area contributed by atoms with Gasteiger partial charge in [-0.3, -0.25) is 0 Å². The molecule has 0 spiro atoms. The maximum Gasteiger partial charge on any atom is 0.137 e. The number of pyridine rings is 1. The van der Waals surface area contributed by atoms with Gasteiger partial charge in [-0.2, -0.15) is 5.10 Å². The molecule has 0 bridgehead atoms. The lowest BCUT2D eigenvalue weighted by atomic mass is 10.1. The highest BCUT2D eigenvalue weighted by atomic mass is 79.9. The number of piperidine rings is 1. The Labute approximate surface area is 147 Å². The summed E-state index contributed by atoms with van der Waals surface area (Å²) in [6.07, 6.45) is 5.60. The first-order valence-electron chi connectivity index (χ1n) is 7.55. The van der Waals surface area contributed by atoms with E-state index in [4.69, 9.17) is 16.6 Å². The van der Waals surface area contributed by atoms with Gasteiger partial charge in [0.15, 0.2) is 0 Å². The topological polar surface area (TPSA) is 46.8 Å². The molecule has 3 heterocycles. The minimum absolute atomic E-state index is 0.337. The molecule has 1 fully saturated rings. The first kappa shape index (κ1) is 14.9. The molecule has 1 aliphatic rings. The second-order valence-electron chi connectivity index (χ2n) is 5.75. The third-order valence-electron chi connectivity index (χ3n) is 4.23. The first-order chi connectivity index (χ1) is 11.2. The Hall–Kier alpha value is -1.66. The fourth-order valence-corrected chi connectivity index (χ4v) is 3.98. The SMILES string of the molecule is Clc1cc(Br)cc2ccc(N3CCCC(n4cncn4)C3)nc12. The van der Waals surface area contributed by atoms with E-state index in [2.05, 4.69) is 43.0 Å². The number of nitrogens with zero attached hydrogens (tertiary/aromatic N) is 5. The van der Waals surface area contributed by atoms with Crippen molar-refractivity contribution in [2.45, 2.75) is 18.9 Å². The lowest BCUT2D eigenvalue weighted by Gasteiger charge is -2.33. The molecule has 7 heteroatoms. The van der Waals surface area contributed by atoms with Gasteiger partial charge in [0.25, 0.3) is 0 Å². The fraction of sp³-hybridized carbons (Fsp3) is 0.312. The molecule has 23 heavy (non-hydrogen) atoms. The molecule has 5 nitrogen and oxygen atoms in total. The Morgan fingerprint density at radius 1 is 1.26 bits per heavy atom. The quantitative estimate of drug-likeness (QED) is 0.659. The van der Waals surface area contributed by atoms with E-state index in [1.54, 1.807) is 12.7 Å². The minimum atomic E-state index is 0.337. The van der Waals surface area contributed by atoms with Crippen molar-refractivity contribution in [3.05, 3.63) is 46.4 Å². The summed E-state index contributed by atoms with van der Waals surface area (Å²) in [5.74, 6) is 0.964. The lowest BCUT2D eigenvalue weighted by Crippen LogP contribution is -2.37. The maximum atomic E-state index is 6.35. The van der Waals surface area contributed by atoms with Crippen LogP contribution in [0.15, 0.2) is 41.4 Å². The van der Waals surface area contributed by atoms with Gasteiger partial charge in [-0.05, 0) is 37.1 Å². The van der Waals surface area contributed by atoms with Crippen LogP contribution in [0.25, 0.3) is 10.9 Å². The summed E-state index contributed by atoms with van der Waals surface area (Å²) in [5, 5.41) is 5.98. The maximum absolute atomic E-state index is 6.35. The number of hydrogen-bond donors (Lipinski definition) is 0. The van der Waals surface area contributed by atoms with Gasteiger partial charge in [-0.15, -0.1) is 0 Å². The molecule has 1 aromatic carbocycles. The standard InChI is InChI=1S/C16H15BrClN5/c17-12-6-11-3-4-15(21-16(11)14(18)7-12)22-5-1-2-13(8-22)23-10-19-9-20-23/h3-4,6-7,9-10,13H,1-2,5,8H2. The molecule has 1 saturated heterocycles. The van der Waals surface area contributed by atoms with Crippen molar-refractivity contribution in [3.63, 3.8) is 0 Å². The van der Waals surface area contributed by atoms with Crippen LogP contribution in [-0.4, -0.2) is 32.8 Å². The number of hydrogen-bond acceptors (Lipinski definition) is 4. The molecule has 0 aliphatic carbocycles. The van der Waals surface area contributed by atoms with E-state index in [1.165, 1.54) is 0 Å².